The molecule has 0 aliphatic rings. The van der Waals surface area contributed by atoms with Gasteiger partial charge in [-0.05, 0) is 79.1 Å². The molecule has 5 rings (SSSR count). The molecule has 0 aliphatic carbocycles. The molecule has 1 aromatic heterocycles. The normalized spacial score (nSPS) is 11.2. The zero-order chi connectivity index (χ0) is 31.4. The van der Waals surface area contributed by atoms with Crippen LogP contribution in [0.1, 0.15) is 27.0 Å². The second kappa shape index (κ2) is 13.1. The van der Waals surface area contributed by atoms with Crippen LogP contribution in [-0.4, -0.2) is 21.7 Å². The van der Waals surface area contributed by atoms with Gasteiger partial charge >= 0.3 is 0 Å². The fourth-order valence-electron chi connectivity index (χ4n) is 4.18. The number of hydrogen-bond donors (Lipinski definition) is 2. The van der Waals surface area contributed by atoms with Gasteiger partial charge in [0.25, 0.3) is 17.5 Å². The van der Waals surface area contributed by atoms with Crippen molar-refractivity contribution in [1.29, 1.82) is 5.26 Å². The van der Waals surface area contributed by atoms with Crippen molar-refractivity contribution in [2.75, 3.05) is 10.6 Å². The van der Waals surface area contributed by atoms with Crippen LogP contribution in [0.4, 0.5) is 17.1 Å². The Labute approximate surface area is 265 Å². The molecule has 2 amide bonds. The van der Waals surface area contributed by atoms with Crippen LogP contribution in [0.5, 0.6) is 0 Å². The quantitative estimate of drug-likeness (QED) is 0.0752. The summed E-state index contributed by atoms with van der Waals surface area (Å²) in [6, 6.07) is 23.9. The molecule has 0 spiro atoms. The van der Waals surface area contributed by atoms with Gasteiger partial charge in [-0.3, -0.25) is 19.7 Å². The van der Waals surface area contributed by atoms with Crippen LogP contribution in [0.15, 0.2) is 93.7 Å². The van der Waals surface area contributed by atoms with Crippen LogP contribution in [0.3, 0.4) is 0 Å². The molecule has 44 heavy (non-hydrogen) atoms. The third-order valence-corrected chi connectivity index (χ3v) is 9.05. The van der Waals surface area contributed by atoms with Gasteiger partial charge in [-0.25, -0.2) is 4.98 Å². The van der Waals surface area contributed by atoms with E-state index in [0.717, 1.165) is 27.6 Å². The number of rotatable bonds is 8. The van der Waals surface area contributed by atoms with E-state index in [2.05, 4.69) is 15.6 Å². The van der Waals surface area contributed by atoms with Gasteiger partial charge < -0.3 is 10.6 Å². The fourth-order valence-corrected chi connectivity index (χ4v) is 6.51. The summed E-state index contributed by atoms with van der Waals surface area (Å²) in [5, 5.41) is 27.6. The third-order valence-electron chi connectivity index (χ3n) is 6.50. The number of aromatic nitrogens is 1. The minimum atomic E-state index is -0.669. The highest BCUT2D eigenvalue weighted by atomic mass is 35.5. The minimum absolute atomic E-state index is 0.197. The number of nitro benzene ring substituents is 1. The first-order valence-electron chi connectivity index (χ1n) is 13.0. The van der Waals surface area contributed by atoms with Gasteiger partial charge in [0.15, 0.2) is 4.34 Å². The summed E-state index contributed by atoms with van der Waals surface area (Å²) in [6.45, 7) is 3.70. The zero-order valence-electron chi connectivity index (χ0n) is 23.3. The van der Waals surface area contributed by atoms with Crippen molar-refractivity contribution < 1.29 is 14.5 Å². The number of hydrogen-bond acceptors (Lipinski definition) is 8. The standard InChI is InChI=1S/C32H22ClN5O4S2/c1-18-5-3-4-6-24(18)31(40)36-23-10-11-26-29(16-23)44-32(37-26)43-28-12-8-20(14-27(28)38(41)42)13-21(17-34)30(39)35-22-9-7-19(2)25(33)15-22/h3-16H,1-2H3,(H,35,39)(H,36,40)/b21-13+. The zero-order valence-corrected chi connectivity index (χ0v) is 25.6. The molecular weight excluding hydrogens is 618 g/mol. The second-order valence-electron chi connectivity index (χ2n) is 9.61. The number of amides is 2. The molecule has 0 radical (unpaired) electrons. The Morgan fingerprint density at radius 1 is 1.00 bits per heavy atom. The summed E-state index contributed by atoms with van der Waals surface area (Å²) in [4.78, 5) is 41.8. The van der Waals surface area contributed by atoms with Crippen molar-refractivity contribution in [2.45, 2.75) is 23.1 Å². The van der Waals surface area contributed by atoms with Crippen molar-refractivity contribution in [3.05, 3.63) is 122 Å². The summed E-state index contributed by atoms with van der Waals surface area (Å²) in [7, 11) is 0. The Bertz CT molecular complexity index is 2030. The number of halogens is 1. The maximum Gasteiger partial charge on any atom is 0.283 e. The predicted molar refractivity (Wildman–Crippen MR) is 174 cm³/mol. The molecule has 0 saturated carbocycles. The summed E-state index contributed by atoms with van der Waals surface area (Å²) in [5.74, 6) is -0.889. The third kappa shape index (κ3) is 6.95. The molecule has 218 valence electrons. The first kappa shape index (κ1) is 30.4. The highest BCUT2D eigenvalue weighted by Crippen LogP contribution is 2.40. The van der Waals surface area contributed by atoms with Crippen LogP contribution in [-0.2, 0) is 4.79 Å². The van der Waals surface area contributed by atoms with Crippen molar-refractivity contribution in [3.63, 3.8) is 0 Å². The average molecular weight is 640 g/mol. The summed E-state index contributed by atoms with van der Waals surface area (Å²) in [6.07, 6.45) is 1.29. The fraction of sp³-hybridized carbons (Fsp3) is 0.0625. The first-order valence-corrected chi connectivity index (χ1v) is 15.1. The number of carbonyl (C=O) groups is 2. The molecule has 0 aliphatic heterocycles. The topological polar surface area (TPSA) is 138 Å². The Hall–Kier alpha value is -5.02. The number of fused-ring (bicyclic) bond motifs is 1. The number of thiazole rings is 1. The van der Waals surface area contributed by atoms with Gasteiger partial charge in [0.2, 0.25) is 0 Å². The molecule has 0 saturated heterocycles. The van der Waals surface area contributed by atoms with Crippen LogP contribution in [0.25, 0.3) is 16.3 Å². The largest absolute Gasteiger partial charge is 0.322 e. The van der Waals surface area contributed by atoms with Gasteiger partial charge in [0.05, 0.1) is 20.0 Å². The Morgan fingerprint density at radius 2 is 1.75 bits per heavy atom. The summed E-state index contributed by atoms with van der Waals surface area (Å²) < 4.78 is 1.37. The van der Waals surface area contributed by atoms with E-state index in [1.807, 2.05) is 44.2 Å². The Morgan fingerprint density at radius 3 is 2.48 bits per heavy atom. The van der Waals surface area contributed by atoms with E-state index >= 15 is 0 Å². The van der Waals surface area contributed by atoms with Crippen molar-refractivity contribution >= 4 is 79.9 Å². The minimum Gasteiger partial charge on any atom is -0.322 e. The van der Waals surface area contributed by atoms with Gasteiger partial charge in [-0.2, -0.15) is 5.26 Å². The number of nitriles is 1. The lowest BCUT2D eigenvalue weighted by Gasteiger charge is -2.07. The van der Waals surface area contributed by atoms with Crippen molar-refractivity contribution in [2.24, 2.45) is 0 Å². The number of carbonyl (C=O) groups excluding carboxylic acids is 2. The van der Waals surface area contributed by atoms with E-state index in [1.165, 1.54) is 23.5 Å². The second-order valence-corrected chi connectivity index (χ2v) is 12.3. The van der Waals surface area contributed by atoms with E-state index < -0.39 is 10.8 Å². The molecule has 0 unspecified atom stereocenters. The molecule has 9 nitrogen and oxygen atoms in total. The number of nitrogens with zero attached hydrogens (tertiary/aromatic N) is 3. The molecular formula is C32H22ClN5O4S2. The van der Waals surface area contributed by atoms with Gasteiger partial charge in [0.1, 0.15) is 11.6 Å². The number of benzene rings is 4. The molecule has 5 aromatic rings. The molecule has 12 heteroatoms. The number of nitro groups is 1. The molecule has 0 bridgehead atoms. The van der Waals surface area contributed by atoms with Crippen LogP contribution in [0, 0.1) is 35.3 Å². The maximum atomic E-state index is 12.7. The van der Waals surface area contributed by atoms with E-state index in [-0.39, 0.29) is 17.2 Å². The molecule has 2 N–H and O–H groups in total. The van der Waals surface area contributed by atoms with Gasteiger partial charge in [0, 0.05) is 28.0 Å². The number of aryl methyl sites for hydroxylation is 2. The highest BCUT2D eigenvalue weighted by Gasteiger charge is 2.19. The van der Waals surface area contributed by atoms with Crippen LogP contribution < -0.4 is 10.6 Å². The summed E-state index contributed by atoms with van der Waals surface area (Å²) in [5.41, 5.74) is 3.88. The molecule has 0 fully saturated rings. The van der Waals surface area contributed by atoms with Gasteiger partial charge in [-0.15, -0.1) is 11.3 Å². The van der Waals surface area contributed by atoms with Crippen molar-refractivity contribution in [3.8, 4) is 6.07 Å². The molecule has 4 aromatic carbocycles. The lowest BCUT2D eigenvalue weighted by Crippen LogP contribution is -2.13. The predicted octanol–water partition coefficient (Wildman–Crippen LogP) is 8.42. The number of nitrogens with one attached hydrogen (secondary N) is 2. The Balaban J connectivity index is 1.34. The van der Waals surface area contributed by atoms with E-state index in [0.29, 0.717) is 42.3 Å². The molecule has 1 heterocycles. The van der Waals surface area contributed by atoms with Crippen LogP contribution in [0.2, 0.25) is 5.02 Å². The lowest BCUT2D eigenvalue weighted by molar-refractivity contribution is -0.387. The van der Waals surface area contributed by atoms with E-state index in [9.17, 15) is 25.0 Å². The lowest BCUT2D eigenvalue weighted by atomic mass is 10.1. The maximum absolute atomic E-state index is 12.7. The van der Waals surface area contributed by atoms with Crippen molar-refractivity contribution in [1.82, 2.24) is 4.98 Å². The molecule has 0 atom stereocenters. The monoisotopic (exact) mass is 639 g/mol. The Kier molecular flexibility index (Phi) is 9.06. The first-order chi connectivity index (χ1) is 21.1. The summed E-state index contributed by atoms with van der Waals surface area (Å²) >= 11 is 8.59. The smallest absolute Gasteiger partial charge is 0.283 e. The highest BCUT2D eigenvalue weighted by molar-refractivity contribution is 8.01. The van der Waals surface area contributed by atoms with Gasteiger partial charge in [-0.1, -0.05) is 53.7 Å². The van der Waals surface area contributed by atoms with Crippen LogP contribution >= 0.6 is 34.7 Å². The number of anilines is 2. The SMILES string of the molecule is Cc1ccc(NC(=O)/C(C#N)=C/c2ccc(Sc3nc4ccc(NC(=O)c5ccccc5C)cc4s3)c([N+](=O)[O-])c2)cc1Cl. The average Bonchev–Trinajstić information content (AvgIpc) is 3.40. The van der Waals surface area contributed by atoms with E-state index in [4.69, 9.17) is 11.6 Å². The van der Waals surface area contributed by atoms with E-state index in [1.54, 1.807) is 48.5 Å².